The van der Waals surface area contributed by atoms with Crippen molar-refractivity contribution in [2.24, 2.45) is 0 Å². The zero-order valence-corrected chi connectivity index (χ0v) is 14.8. The summed E-state index contributed by atoms with van der Waals surface area (Å²) in [4.78, 5) is 12.9. The molecule has 0 aliphatic rings. The summed E-state index contributed by atoms with van der Waals surface area (Å²) in [6.07, 6.45) is 0. The maximum absolute atomic E-state index is 13.8. The molecule has 8 heteroatoms. The lowest BCUT2D eigenvalue weighted by Gasteiger charge is -2.04. The van der Waals surface area contributed by atoms with Crippen LogP contribution < -0.4 is 5.32 Å². The molecular weight excluding hydrogens is 353 g/mol. The summed E-state index contributed by atoms with van der Waals surface area (Å²) in [7, 11) is 0. The third-order valence-corrected chi connectivity index (χ3v) is 4.85. The van der Waals surface area contributed by atoms with Gasteiger partial charge in [0.2, 0.25) is 10.1 Å². The smallest absolute Gasteiger partial charge is 0.257 e. The minimum atomic E-state index is -0.317. The third-order valence-electron chi connectivity index (χ3n) is 4.03. The molecule has 0 spiro atoms. The van der Waals surface area contributed by atoms with Crippen LogP contribution in [0.3, 0.4) is 0 Å². The standard InChI is InChI=1S/C18H14FN5OS/c1-10-5-3-4-6-13(10)16(25)20-17-23-24-15(21-22-18(24)26-17)12-8-7-11(2)14(19)9-12/h3-9H,1-2H3,(H,20,23,25). The van der Waals surface area contributed by atoms with Crippen LogP contribution in [0.2, 0.25) is 0 Å². The summed E-state index contributed by atoms with van der Waals surface area (Å²) in [5.74, 6) is -0.134. The van der Waals surface area contributed by atoms with Crippen molar-refractivity contribution in [1.29, 1.82) is 0 Å². The van der Waals surface area contributed by atoms with Gasteiger partial charge in [-0.15, -0.1) is 15.3 Å². The van der Waals surface area contributed by atoms with Crippen molar-refractivity contribution in [3.63, 3.8) is 0 Å². The number of hydrogen-bond acceptors (Lipinski definition) is 5. The SMILES string of the molecule is Cc1ccc(-c2nnc3sc(NC(=O)c4ccccc4C)nn23)cc1F. The van der Waals surface area contributed by atoms with Crippen LogP contribution in [0.4, 0.5) is 9.52 Å². The highest BCUT2D eigenvalue weighted by Crippen LogP contribution is 2.25. The number of nitrogens with zero attached hydrogens (tertiary/aromatic N) is 4. The molecule has 1 amide bonds. The van der Waals surface area contributed by atoms with Crippen molar-refractivity contribution < 1.29 is 9.18 Å². The monoisotopic (exact) mass is 367 g/mol. The van der Waals surface area contributed by atoms with Gasteiger partial charge in [0.05, 0.1) is 0 Å². The van der Waals surface area contributed by atoms with E-state index in [9.17, 15) is 9.18 Å². The molecule has 4 aromatic rings. The van der Waals surface area contributed by atoms with Crippen LogP contribution in [0.25, 0.3) is 16.3 Å². The van der Waals surface area contributed by atoms with E-state index >= 15 is 0 Å². The quantitative estimate of drug-likeness (QED) is 0.597. The van der Waals surface area contributed by atoms with Gasteiger partial charge in [-0.2, -0.15) is 4.52 Å². The fourth-order valence-electron chi connectivity index (χ4n) is 2.57. The fourth-order valence-corrected chi connectivity index (χ4v) is 3.31. The van der Waals surface area contributed by atoms with E-state index < -0.39 is 0 Å². The number of fused-ring (bicyclic) bond motifs is 1. The number of carbonyl (C=O) groups excluding carboxylic acids is 1. The Morgan fingerprint density at radius 2 is 1.92 bits per heavy atom. The first-order chi connectivity index (χ1) is 12.5. The fraction of sp³-hybridized carbons (Fsp3) is 0.111. The molecule has 0 radical (unpaired) electrons. The van der Waals surface area contributed by atoms with Crippen LogP contribution in [0.15, 0.2) is 42.5 Å². The summed E-state index contributed by atoms with van der Waals surface area (Å²) >= 11 is 1.20. The van der Waals surface area contributed by atoms with Crippen LogP contribution in [0.1, 0.15) is 21.5 Å². The molecule has 0 aliphatic carbocycles. The Kier molecular flexibility index (Phi) is 3.96. The highest BCUT2D eigenvalue weighted by molar-refractivity contribution is 7.20. The van der Waals surface area contributed by atoms with Gasteiger partial charge in [0, 0.05) is 11.1 Å². The topological polar surface area (TPSA) is 72.2 Å². The van der Waals surface area contributed by atoms with Crippen LogP contribution in [0, 0.1) is 19.7 Å². The van der Waals surface area contributed by atoms with Gasteiger partial charge < -0.3 is 0 Å². The average molecular weight is 367 g/mol. The van der Waals surface area contributed by atoms with Crippen LogP contribution in [-0.2, 0) is 0 Å². The van der Waals surface area contributed by atoms with Gasteiger partial charge in [0.1, 0.15) is 5.82 Å². The summed E-state index contributed by atoms with van der Waals surface area (Å²) in [6, 6.07) is 12.2. The summed E-state index contributed by atoms with van der Waals surface area (Å²) < 4.78 is 15.3. The van der Waals surface area contributed by atoms with E-state index in [0.29, 0.717) is 32.6 Å². The van der Waals surface area contributed by atoms with E-state index in [4.69, 9.17) is 0 Å². The molecule has 2 heterocycles. The molecule has 2 aromatic carbocycles. The summed E-state index contributed by atoms with van der Waals surface area (Å²) in [6.45, 7) is 3.57. The van der Waals surface area contributed by atoms with Crippen LogP contribution in [0.5, 0.6) is 0 Å². The summed E-state index contributed by atoms with van der Waals surface area (Å²) in [5.41, 5.74) is 2.59. The molecule has 4 rings (SSSR count). The van der Waals surface area contributed by atoms with Crippen molar-refractivity contribution >= 4 is 27.3 Å². The zero-order valence-electron chi connectivity index (χ0n) is 14.0. The maximum atomic E-state index is 13.8. The van der Waals surface area contributed by atoms with E-state index in [1.54, 1.807) is 25.1 Å². The normalized spacial score (nSPS) is 11.0. The number of benzene rings is 2. The molecule has 0 saturated carbocycles. The highest BCUT2D eigenvalue weighted by atomic mass is 32.1. The van der Waals surface area contributed by atoms with Crippen LogP contribution >= 0.6 is 11.3 Å². The highest BCUT2D eigenvalue weighted by Gasteiger charge is 2.16. The zero-order chi connectivity index (χ0) is 18.3. The Bertz CT molecular complexity index is 1130. The third kappa shape index (κ3) is 2.84. The average Bonchev–Trinajstić information content (AvgIpc) is 3.18. The molecule has 130 valence electrons. The number of amides is 1. The number of rotatable bonds is 3. The molecule has 0 atom stereocenters. The molecule has 0 bridgehead atoms. The lowest BCUT2D eigenvalue weighted by atomic mass is 10.1. The number of anilines is 1. The Morgan fingerprint density at radius 1 is 1.12 bits per heavy atom. The van der Waals surface area contributed by atoms with Gasteiger partial charge >= 0.3 is 0 Å². The largest absolute Gasteiger partial charge is 0.296 e. The Labute approximate surface area is 152 Å². The summed E-state index contributed by atoms with van der Waals surface area (Å²) in [5, 5.41) is 15.7. The predicted octanol–water partition coefficient (Wildman–Crippen LogP) is 3.86. The molecule has 0 unspecified atom stereocenters. The Hall–Kier alpha value is -3.13. The van der Waals surface area contributed by atoms with Gasteiger partial charge in [-0.3, -0.25) is 10.1 Å². The van der Waals surface area contributed by atoms with Gasteiger partial charge in [-0.05, 0) is 37.1 Å². The molecule has 2 aromatic heterocycles. The molecule has 0 saturated heterocycles. The van der Waals surface area contributed by atoms with Gasteiger partial charge in [0.15, 0.2) is 5.82 Å². The second-order valence-corrected chi connectivity index (χ2v) is 6.81. The lowest BCUT2D eigenvalue weighted by Crippen LogP contribution is -2.13. The van der Waals surface area contributed by atoms with Gasteiger partial charge in [0.25, 0.3) is 5.91 Å². The first-order valence-corrected chi connectivity index (χ1v) is 8.70. The second kappa shape index (κ2) is 6.30. The van der Waals surface area contributed by atoms with E-state index in [0.717, 1.165) is 5.56 Å². The minimum absolute atomic E-state index is 0.240. The number of hydrogen-bond donors (Lipinski definition) is 1. The first kappa shape index (κ1) is 16.3. The van der Waals surface area contributed by atoms with E-state index in [-0.39, 0.29) is 11.7 Å². The lowest BCUT2D eigenvalue weighted by molar-refractivity contribution is 0.102. The van der Waals surface area contributed by atoms with E-state index in [1.165, 1.54) is 21.9 Å². The first-order valence-electron chi connectivity index (χ1n) is 7.88. The number of nitrogens with one attached hydrogen (secondary N) is 1. The molecule has 0 aliphatic heterocycles. The number of carbonyl (C=O) groups is 1. The van der Waals surface area contributed by atoms with Crippen molar-refractivity contribution in [2.75, 3.05) is 5.32 Å². The number of halogens is 1. The molecule has 6 nitrogen and oxygen atoms in total. The van der Waals surface area contributed by atoms with Crippen molar-refractivity contribution in [2.45, 2.75) is 13.8 Å². The van der Waals surface area contributed by atoms with Crippen LogP contribution in [-0.4, -0.2) is 25.7 Å². The molecule has 0 fully saturated rings. The molecule has 26 heavy (non-hydrogen) atoms. The van der Waals surface area contributed by atoms with Crippen molar-refractivity contribution in [1.82, 2.24) is 19.8 Å². The van der Waals surface area contributed by atoms with Gasteiger partial charge in [-0.1, -0.05) is 41.7 Å². The maximum Gasteiger partial charge on any atom is 0.257 e. The van der Waals surface area contributed by atoms with Gasteiger partial charge in [-0.25, -0.2) is 4.39 Å². The minimum Gasteiger partial charge on any atom is -0.296 e. The number of aromatic nitrogens is 4. The van der Waals surface area contributed by atoms with Crippen molar-refractivity contribution in [3.8, 4) is 11.4 Å². The number of aryl methyl sites for hydroxylation is 2. The molecule has 1 N–H and O–H groups in total. The van der Waals surface area contributed by atoms with E-state index in [2.05, 4.69) is 20.6 Å². The second-order valence-electron chi connectivity index (χ2n) is 5.86. The Balaban J connectivity index is 1.67. The Morgan fingerprint density at radius 3 is 2.69 bits per heavy atom. The van der Waals surface area contributed by atoms with Crippen molar-refractivity contribution in [3.05, 3.63) is 65.0 Å². The predicted molar refractivity (Wildman–Crippen MR) is 97.9 cm³/mol. The van der Waals surface area contributed by atoms with E-state index in [1.807, 2.05) is 25.1 Å². The molecular formula is C18H14FN5OS.